The van der Waals surface area contributed by atoms with Crippen molar-refractivity contribution in [2.24, 2.45) is 0 Å². The summed E-state index contributed by atoms with van der Waals surface area (Å²) in [5, 5.41) is 0. The van der Waals surface area contributed by atoms with Crippen LogP contribution >= 0.6 is 15.9 Å². The molecule has 0 atom stereocenters. The maximum Gasteiger partial charge on any atom is 0.133 e. The van der Waals surface area contributed by atoms with E-state index in [9.17, 15) is 0 Å². The molecule has 0 aliphatic carbocycles. The van der Waals surface area contributed by atoms with Gasteiger partial charge in [-0.15, -0.1) is 0 Å². The van der Waals surface area contributed by atoms with Crippen molar-refractivity contribution in [3.05, 3.63) is 52.5 Å². The highest BCUT2D eigenvalue weighted by Gasteiger charge is 2.06. The van der Waals surface area contributed by atoms with Crippen LogP contribution in [0, 0.1) is 0 Å². The van der Waals surface area contributed by atoms with Gasteiger partial charge in [-0.2, -0.15) is 0 Å². The van der Waals surface area contributed by atoms with E-state index in [1.807, 2.05) is 36.4 Å². The van der Waals surface area contributed by atoms with Gasteiger partial charge in [0.25, 0.3) is 0 Å². The Morgan fingerprint density at radius 3 is 2.63 bits per heavy atom. The monoisotopic (exact) mass is 320 g/mol. The molecule has 100 valence electrons. The lowest BCUT2D eigenvalue weighted by molar-refractivity contribution is 0.412. The summed E-state index contributed by atoms with van der Waals surface area (Å²) in [4.78, 5) is 2.17. The fourth-order valence-corrected chi connectivity index (χ4v) is 2.48. The van der Waals surface area contributed by atoms with E-state index in [4.69, 9.17) is 10.5 Å². The molecule has 3 nitrogen and oxygen atoms in total. The molecular formula is C15H17BrN2O. The van der Waals surface area contributed by atoms with Crippen LogP contribution < -0.4 is 15.4 Å². The number of nitrogens with two attached hydrogens (primary N) is 1. The zero-order valence-electron chi connectivity index (χ0n) is 11.1. The average molecular weight is 321 g/mol. The Hall–Kier alpha value is -1.68. The van der Waals surface area contributed by atoms with Gasteiger partial charge in [-0.3, -0.25) is 0 Å². The van der Waals surface area contributed by atoms with Crippen molar-refractivity contribution in [1.29, 1.82) is 0 Å². The SMILES string of the molecule is COc1ccc(N(C)Cc2cccc(N)c2)cc1Br. The molecule has 2 aromatic rings. The third-order valence-electron chi connectivity index (χ3n) is 2.95. The molecule has 0 radical (unpaired) electrons. The van der Waals surface area contributed by atoms with Gasteiger partial charge in [0.2, 0.25) is 0 Å². The molecule has 2 N–H and O–H groups in total. The number of benzene rings is 2. The minimum absolute atomic E-state index is 0.793. The Kier molecular flexibility index (Phi) is 4.32. The third kappa shape index (κ3) is 3.41. The number of hydrogen-bond donors (Lipinski definition) is 1. The molecule has 0 unspecified atom stereocenters. The number of hydrogen-bond acceptors (Lipinski definition) is 3. The lowest BCUT2D eigenvalue weighted by atomic mass is 10.2. The Balaban J connectivity index is 2.15. The molecular weight excluding hydrogens is 304 g/mol. The molecule has 0 spiro atoms. The van der Waals surface area contributed by atoms with Gasteiger partial charge in [0, 0.05) is 25.0 Å². The van der Waals surface area contributed by atoms with Gasteiger partial charge in [0.1, 0.15) is 5.75 Å². The second kappa shape index (κ2) is 5.97. The molecule has 19 heavy (non-hydrogen) atoms. The van der Waals surface area contributed by atoms with Crippen molar-refractivity contribution < 1.29 is 4.74 Å². The highest BCUT2D eigenvalue weighted by molar-refractivity contribution is 9.10. The number of methoxy groups -OCH3 is 1. The maximum absolute atomic E-state index is 5.79. The summed E-state index contributed by atoms with van der Waals surface area (Å²) in [5.41, 5.74) is 8.90. The second-order valence-corrected chi connectivity index (χ2v) is 5.27. The van der Waals surface area contributed by atoms with Gasteiger partial charge in [-0.05, 0) is 51.8 Å². The first-order valence-electron chi connectivity index (χ1n) is 5.99. The summed E-state index contributed by atoms with van der Waals surface area (Å²) in [6, 6.07) is 14.0. The number of anilines is 2. The molecule has 0 aliphatic heterocycles. The van der Waals surface area contributed by atoms with Gasteiger partial charge in [-0.25, -0.2) is 0 Å². The molecule has 0 fully saturated rings. The zero-order chi connectivity index (χ0) is 13.8. The molecule has 0 saturated carbocycles. The van der Waals surface area contributed by atoms with E-state index in [1.54, 1.807) is 7.11 Å². The van der Waals surface area contributed by atoms with E-state index >= 15 is 0 Å². The van der Waals surface area contributed by atoms with Crippen LogP contribution in [0.5, 0.6) is 5.75 Å². The number of nitrogen functional groups attached to an aromatic ring is 1. The Labute approximate surface area is 122 Å². The Morgan fingerprint density at radius 2 is 2.00 bits per heavy atom. The molecule has 0 aromatic heterocycles. The first kappa shape index (κ1) is 13.7. The molecule has 4 heteroatoms. The van der Waals surface area contributed by atoms with Gasteiger partial charge >= 0.3 is 0 Å². The van der Waals surface area contributed by atoms with Crippen LogP contribution in [0.3, 0.4) is 0 Å². The fraction of sp³-hybridized carbons (Fsp3) is 0.200. The average Bonchev–Trinajstić information content (AvgIpc) is 2.38. The highest BCUT2D eigenvalue weighted by atomic mass is 79.9. The van der Waals surface area contributed by atoms with Crippen LogP contribution in [0.1, 0.15) is 5.56 Å². The molecule has 0 saturated heterocycles. The molecule has 0 aliphatic rings. The van der Waals surface area contributed by atoms with Gasteiger partial charge < -0.3 is 15.4 Å². The smallest absolute Gasteiger partial charge is 0.133 e. The molecule has 2 aromatic carbocycles. The molecule has 2 rings (SSSR count). The van der Waals surface area contributed by atoms with E-state index in [1.165, 1.54) is 5.56 Å². The normalized spacial score (nSPS) is 10.3. The quantitative estimate of drug-likeness (QED) is 0.873. The molecule has 0 amide bonds. The van der Waals surface area contributed by atoms with Crippen molar-refractivity contribution in [2.45, 2.75) is 6.54 Å². The molecule has 0 bridgehead atoms. The number of nitrogens with zero attached hydrogens (tertiary/aromatic N) is 1. The summed E-state index contributed by atoms with van der Waals surface area (Å²) in [6.45, 7) is 0.809. The zero-order valence-corrected chi connectivity index (χ0v) is 12.6. The first-order valence-corrected chi connectivity index (χ1v) is 6.78. The van der Waals surface area contributed by atoms with Crippen molar-refractivity contribution in [3.63, 3.8) is 0 Å². The number of rotatable bonds is 4. The van der Waals surface area contributed by atoms with E-state index < -0.39 is 0 Å². The Bertz CT molecular complexity index is 572. The van der Waals surface area contributed by atoms with Crippen LogP contribution in [0.4, 0.5) is 11.4 Å². The van der Waals surface area contributed by atoms with E-state index in [2.05, 4.69) is 33.9 Å². The van der Waals surface area contributed by atoms with Crippen LogP contribution in [0.2, 0.25) is 0 Å². The summed E-state index contributed by atoms with van der Waals surface area (Å²) in [6.07, 6.45) is 0. The number of ether oxygens (including phenoxy) is 1. The third-order valence-corrected chi connectivity index (χ3v) is 3.57. The summed E-state index contributed by atoms with van der Waals surface area (Å²) >= 11 is 3.50. The van der Waals surface area contributed by atoms with Gasteiger partial charge in [0.15, 0.2) is 0 Å². The van der Waals surface area contributed by atoms with Crippen LogP contribution in [-0.2, 0) is 6.54 Å². The van der Waals surface area contributed by atoms with E-state index in [0.717, 1.165) is 28.1 Å². The van der Waals surface area contributed by atoms with Crippen LogP contribution in [0.15, 0.2) is 46.9 Å². The van der Waals surface area contributed by atoms with Crippen molar-refractivity contribution in [3.8, 4) is 5.75 Å². The van der Waals surface area contributed by atoms with Crippen LogP contribution in [0.25, 0.3) is 0 Å². The standard InChI is InChI=1S/C15H17BrN2O/c1-18(10-11-4-3-5-12(17)8-11)13-6-7-15(19-2)14(16)9-13/h3-9H,10,17H2,1-2H3. The van der Waals surface area contributed by atoms with Crippen molar-refractivity contribution >= 4 is 27.3 Å². The van der Waals surface area contributed by atoms with Gasteiger partial charge in [0.05, 0.1) is 11.6 Å². The first-order chi connectivity index (χ1) is 9.10. The summed E-state index contributed by atoms with van der Waals surface area (Å²) < 4.78 is 6.18. The second-order valence-electron chi connectivity index (χ2n) is 4.42. The predicted octanol–water partition coefficient (Wildman–Crippen LogP) is 3.68. The lowest BCUT2D eigenvalue weighted by Gasteiger charge is -2.20. The fourth-order valence-electron chi connectivity index (χ4n) is 1.95. The topological polar surface area (TPSA) is 38.5 Å². The highest BCUT2D eigenvalue weighted by Crippen LogP contribution is 2.29. The van der Waals surface area contributed by atoms with E-state index in [-0.39, 0.29) is 0 Å². The minimum Gasteiger partial charge on any atom is -0.496 e. The van der Waals surface area contributed by atoms with Crippen molar-refractivity contribution in [2.75, 3.05) is 24.8 Å². The van der Waals surface area contributed by atoms with Crippen molar-refractivity contribution in [1.82, 2.24) is 0 Å². The lowest BCUT2D eigenvalue weighted by Crippen LogP contribution is -2.16. The summed E-state index contributed by atoms with van der Waals surface area (Å²) in [5.74, 6) is 0.834. The minimum atomic E-state index is 0.793. The largest absolute Gasteiger partial charge is 0.496 e. The van der Waals surface area contributed by atoms with E-state index in [0.29, 0.717) is 0 Å². The van der Waals surface area contributed by atoms with Gasteiger partial charge in [-0.1, -0.05) is 12.1 Å². The summed E-state index contributed by atoms with van der Waals surface area (Å²) in [7, 11) is 3.72. The predicted molar refractivity (Wildman–Crippen MR) is 83.7 cm³/mol. The molecule has 0 heterocycles. The van der Waals surface area contributed by atoms with Crippen LogP contribution in [-0.4, -0.2) is 14.2 Å². The number of halogens is 1. The Morgan fingerprint density at radius 1 is 1.21 bits per heavy atom. The maximum atomic E-state index is 5.79.